The van der Waals surface area contributed by atoms with Crippen molar-refractivity contribution in [2.45, 2.75) is 59.3 Å². The van der Waals surface area contributed by atoms with Gasteiger partial charge in [-0.15, -0.1) is 0 Å². The van der Waals surface area contributed by atoms with Gasteiger partial charge in [-0.2, -0.15) is 23.5 Å². The number of benzene rings is 3. The van der Waals surface area contributed by atoms with Crippen molar-refractivity contribution in [3.63, 3.8) is 0 Å². The van der Waals surface area contributed by atoms with E-state index in [1.54, 1.807) is 36.4 Å². The Kier molecular flexibility index (Phi) is 12.4. The van der Waals surface area contributed by atoms with Gasteiger partial charge in [0.05, 0.1) is 29.0 Å². The van der Waals surface area contributed by atoms with Crippen LogP contribution in [0.4, 0.5) is 23.2 Å². The van der Waals surface area contributed by atoms with E-state index in [0.717, 1.165) is 23.1 Å². The van der Waals surface area contributed by atoms with E-state index in [1.807, 2.05) is 33.8 Å². The number of nitrogens with two attached hydrogens (primary N) is 1. The number of amides is 1. The fourth-order valence-electron chi connectivity index (χ4n) is 4.52. The molecule has 7 nitrogen and oxygen atoms in total. The Balaban J connectivity index is 0.00000133. The van der Waals surface area contributed by atoms with Gasteiger partial charge >= 0.3 is 6.18 Å². The molecule has 11 heteroatoms. The first-order valence-corrected chi connectivity index (χ1v) is 15.0. The lowest BCUT2D eigenvalue weighted by Gasteiger charge is -2.21. The maximum Gasteiger partial charge on any atom is 0.435 e. The summed E-state index contributed by atoms with van der Waals surface area (Å²) in [4.78, 5) is 13.3. The molecule has 0 saturated heterocycles. The van der Waals surface area contributed by atoms with Crippen molar-refractivity contribution >= 4 is 11.6 Å². The lowest BCUT2D eigenvalue weighted by molar-refractivity contribution is -0.141. The van der Waals surface area contributed by atoms with Crippen molar-refractivity contribution in [3.05, 3.63) is 112 Å². The number of anilines is 1. The standard InChI is InChI=1S/C30H26F4N6O.2C2H6/c31-24-10-9-22(28(37-17-18-7-8-18)21-5-1-3-19(11-21)15-35)13-25(24)38-29(41)26-14-27(30(32,33)34)39-40(26)23-6-2-4-20(12-23)16-36;2*1-2/h1-6,9-14,18,28,37H,7-8,16-17,36H2,(H,38,41);2*1-2H3. The van der Waals surface area contributed by atoms with E-state index < -0.39 is 35.3 Å². The van der Waals surface area contributed by atoms with Crippen LogP contribution >= 0.6 is 0 Å². The molecule has 238 valence electrons. The molecule has 1 aromatic heterocycles. The first-order chi connectivity index (χ1) is 21.7. The summed E-state index contributed by atoms with van der Waals surface area (Å²) in [6, 6.07) is 19.8. The van der Waals surface area contributed by atoms with Gasteiger partial charge in [0, 0.05) is 12.6 Å². The van der Waals surface area contributed by atoms with Crippen LogP contribution in [0.1, 0.15) is 85.0 Å². The predicted molar refractivity (Wildman–Crippen MR) is 167 cm³/mol. The highest BCUT2D eigenvalue weighted by atomic mass is 19.4. The summed E-state index contributed by atoms with van der Waals surface area (Å²) in [5.41, 5.74) is 6.44. The fourth-order valence-corrected chi connectivity index (χ4v) is 4.52. The van der Waals surface area contributed by atoms with Crippen LogP contribution in [0.5, 0.6) is 0 Å². The molecule has 0 radical (unpaired) electrons. The first-order valence-electron chi connectivity index (χ1n) is 15.0. The SMILES string of the molecule is CC.CC.N#Cc1cccc(C(NCC2CC2)c2ccc(F)c(NC(=O)c3cc(C(F)(F)F)nn3-c3cccc(CN)c3)c2)c1. The summed E-state index contributed by atoms with van der Waals surface area (Å²) < 4.78 is 56.6. The van der Waals surface area contributed by atoms with E-state index in [1.165, 1.54) is 24.3 Å². The normalized spacial score (nSPS) is 13.0. The van der Waals surface area contributed by atoms with E-state index in [2.05, 4.69) is 21.8 Å². The van der Waals surface area contributed by atoms with Gasteiger partial charge in [-0.1, -0.05) is 58.0 Å². The monoisotopic (exact) mass is 622 g/mol. The first kappa shape index (κ1) is 35.0. The Hall–Kier alpha value is -4.53. The number of hydrogen-bond donors (Lipinski definition) is 3. The van der Waals surface area contributed by atoms with Gasteiger partial charge in [-0.3, -0.25) is 4.79 Å². The highest BCUT2D eigenvalue weighted by molar-refractivity contribution is 6.03. The largest absolute Gasteiger partial charge is 0.435 e. The van der Waals surface area contributed by atoms with Crippen LogP contribution in [0.25, 0.3) is 5.69 Å². The maximum atomic E-state index is 15.0. The molecule has 0 aliphatic heterocycles. The predicted octanol–water partition coefficient (Wildman–Crippen LogP) is 7.75. The van der Waals surface area contributed by atoms with E-state index in [-0.39, 0.29) is 17.9 Å². The number of nitrogens with zero attached hydrogens (tertiary/aromatic N) is 3. The van der Waals surface area contributed by atoms with E-state index >= 15 is 0 Å². The molecular weight excluding hydrogens is 584 g/mol. The molecule has 0 spiro atoms. The van der Waals surface area contributed by atoms with Gasteiger partial charge in [-0.25, -0.2) is 9.07 Å². The number of carbonyl (C=O) groups is 1. The minimum absolute atomic E-state index is 0.133. The number of hydrogen-bond acceptors (Lipinski definition) is 5. The van der Waals surface area contributed by atoms with Gasteiger partial charge in [-0.05, 0) is 78.4 Å². The van der Waals surface area contributed by atoms with Gasteiger partial charge < -0.3 is 16.4 Å². The van der Waals surface area contributed by atoms with Crippen LogP contribution in [-0.2, 0) is 12.7 Å². The van der Waals surface area contributed by atoms with Crippen LogP contribution in [-0.4, -0.2) is 22.2 Å². The van der Waals surface area contributed by atoms with Crippen LogP contribution in [0.3, 0.4) is 0 Å². The minimum atomic E-state index is -4.81. The number of carbonyl (C=O) groups excluding carboxylic acids is 1. The number of nitriles is 1. The molecule has 1 amide bonds. The molecule has 1 heterocycles. The third-order valence-electron chi connectivity index (χ3n) is 6.85. The third kappa shape index (κ3) is 9.00. The summed E-state index contributed by atoms with van der Waals surface area (Å²) in [5, 5.41) is 18.9. The molecule has 4 aromatic rings. The molecule has 5 rings (SSSR count). The average molecular weight is 623 g/mol. The molecule has 1 fully saturated rings. The third-order valence-corrected chi connectivity index (χ3v) is 6.85. The number of alkyl halides is 3. The molecule has 0 bridgehead atoms. The second-order valence-corrected chi connectivity index (χ2v) is 9.91. The number of halogens is 4. The van der Waals surface area contributed by atoms with Gasteiger partial charge in [0.15, 0.2) is 5.69 Å². The van der Waals surface area contributed by atoms with Crippen molar-refractivity contribution in [1.29, 1.82) is 5.26 Å². The molecule has 1 atom stereocenters. The van der Waals surface area contributed by atoms with Crippen LogP contribution in [0, 0.1) is 23.1 Å². The molecule has 1 unspecified atom stereocenters. The number of rotatable bonds is 9. The summed E-state index contributed by atoms with van der Waals surface area (Å²) in [6.45, 7) is 8.84. The quantitative estimate of drug-likeness (QED) is 0.165. The Morgan fingerprint density at radius 3 is 2.36 bits per heavy atom. The van der Waals surface area contributed by atoms with Crippen molar-refractivity contribution in [2.75, 3.05) is 11.9 Å². The lowest BCUT2D eigenvalue weighted by Crippen LogP contribution is -2.25. The Bertz CT molecular complexity index is 1620. The van der Waals surface area contributed by atoms with Gasteiger partial charge in [0.2, 0.25) is 0 Å². The van der Waals surface area contributed by atoms with Crippen molar-refractivity contribution in [2.24, 2.45) is 11.7 Å². The topological polar surface area (TPSA) is 109 Å². The zero-order valence-corrected chi connectivity index (χ0v) is 25.8. The zero-order valence-electron chi connectivity index (χ0n) is 25.8. The van der Waals surface area contributed by atoms with Gasteiger partial charge in [0.1, 0.15) is 11.5 Å². The zero-order chi connectivity index (χ0) is 33.1. The van der Waals surface area contributed by atoms with Crippen LogP contribution in [0.2, 0.25) is 0 Å². The number of nitrogens with one attached hydrogen (secondary N) is 2. The maximum absolute atomic E-state index is 15.0. The second kappa shape index (κ2) is 16.0. The van der Waals surface area contributed by atoms with E-state index in [9.17, 15) is 27.6 Å². The van der Waals surface area contributed by atoms with Crippen molar-refractivity contribution in [3.8, 4) is 11.8 Å². The molecule has 3 aromatic carbocycles. The second-order valence-electron chi connectivity index (χ2n) is 9.91. The summed E-state index contributed by atoms with van der Waals surface area (Å²) in [6.07, 6.45) is -2.61. The highest BCUT2D eigenvalue weighted by Gasteiger charge is 2.36. The summed E-state index contributed by atoms with van der Waals surface area (Å²) in [7, 11) is 0. The molecule has 45 heavy (non-hydrogen) atoms. The summed E-state index contributed by atoms with van der Waals surface area (Å²) in [5.74, 6) is -1.21. The van der Waals surface area contributed by atoms with E-state index in [0.29, 0.717) is 35.2 Å². The molecule has 1 saturated carbocycles. The lowest BCUT2D eigenvalue weighted by atomic mass is 9.96. The van der Waals surface area contributed by atoms with Crippen molar-refractivity contribution in [1.82, 2.24) is 15.1 Å². The summed E-state index contributed by atoms with van der Waals surface area (Å²) >= 11 is 0. The Morgan fingerprint density at radius 2 is 1.71 bits per heavy atom. The molecule has 4 N–H and O–H groups in total. The minimum Gasteiger partial charge on any atom is -0.326 e. The molecule has 1 aliphatic carbocycles. The Labute approximate surface area is 261 Å². The fraction of sp³-hybridized carbons (Fsp3) is 0.324. The molecule has 1 aliphatic rings. The van der Waals surface area contributed by atoms with Crippen LogP contribution < -0.4 is 16.4 Å². The average Bonchev–Trinajstić information content (AvgIpc) is 3.77. The number of aromatic nitrogens is 2. The van der Waals surface area contributed by atoms with Crippen LogP contribution in [0.15, 0.2) is 72.8 Å². The van der Waals surface area contributed by atoms with Crippen molar-refractivity contribution < 1.29 is 22.4 Å². The van der Waals surface area contributed by atoms with Gasteiger partial charge in [0.25, 0.3) is 5.91 Å². The smallest absolute Gasteiger partial charge is 0.326 e. The highest BCUT2D eigenvalue weighted by Crippen LogP contribution is 2.33. The molecular formula is C34H38F4N6O. The van der Waals surface area contributed by atoms with E-state index in [4.69, 9.17) is 5.73 Å². The Morgan fingerprint density at radius 1 is 1.02 bits per heavy atom.